The van der Waals surface area contributed by atoms with E-state index in [0.29, 0.717) is 5.11 Å². The zero-order valence-corrected chi connectivity index (χ0v) is 14.8. The van der Waals surface area contributed by atoms with Gasteiger partial charge in [-0.1, -0.05) is 27.7 Å². The average molecular weight is 317 g/mol. The molecule has 7 heteroatoms. The summed E-state index contributed by atoms with van der Waals surface area (Å²) >= 11 is 5.17. The molecule has 0 heterocycles. The molecule has 0 radical (unpaired) electrons. The van der Waals surface area contributed by atoms with E-state index >= 15 is 0 Å². The van der Waals surface area contributed by atoms with Crippen LogP contribution in [0.3, 0.4) is 0 Å². The second kappa shape index (κ2) is 12.8. The lowest BCUT2D eigenvalue weighted by molar-refractivity contribution is 0.308. The maximum atomic E-state index is 7.79. The highest BCUT2D eigenvalue weighted by molar-refractivity contribution is 7.80. The van der Waals surface area contributed by atoms with E-state index in [1.807, 2.05) is 0 Å². The number of hydrogen-bond acceptors (Lipinski definition) is 4. The fourth-order valence-corrected chi connectivity index (χ4v) is 2.15. The van der Waals surface area contributed by atoms with Gasteiger partial charge in [-0.3, -0.25) is 5.41 Å². The zero-order chi connectivity index (χ0) is 16.1. The van der Waals surface area contributed by atoms with E-state index in [-0.39, 0.29) is 5.96 Å². The highest BCUT2D eigenvalue weighted by Crippen LogP contribution is 1.85. The monoisotopic (exact) mass is 316 g/mol. The van der Waals surface area contributed by atoms with Crippen molar-refractivity contribution >= 4 is 23.3 Å². The fourth-order valence-electron chi connectivity index (χ4n) is 1.95. The van der Waals surface area contributed by atoms with Gasteiger partial charge in [0, 0.05) is 26.2 Å². The van der Waals surface area contributed by atoms with Crippen LogP contribution in [0.15, 0.2) is 0 Å². The van der Waals surface area contributed by atoms with Gasteiger partial charge in [0.05, 0.1) is 0 Å². The predicted octanol–water partition coefficient (Wildman–Crippen LogP) is 0.658. The van der Waals surface area contributed by atoms with Gasteiger partial charge in [0.2, 0.25) is 0 Å². The largest absolute Gasteiger partial charge is 0.361 e. The average Bonchev–Trinajstić information content (AvgIpc) is 2.48. The smallest absolute Gasteiger partial charge is 0.194 e. The van der Waals surface area contributed by atoms with Crippen molar-refractivity contribution in [3.05, 3.63) is 0 Å². The van der Waals surface area contributed by atoms with Crippen molar-refractivity contribution in [3.63, 3.8) is 0 Å². The Morgan fingerprint density at radius 3 is 1.71 bits per heavy atom. The Morgan fingerprint density at radius 1 is 0.857 bits per heavy atom. The zero-order valence-electron chi connectivity index (χ0n) is 14.0. The van der Waals surface area contributed by atoms with E-state index in [0.717, 1.165) is 52.4 Å². The van der Waals surface area contributed by atoms with Crippen LogP contribution in [0.1, 0.15) is 27.7 Å². The summed E-state index contributed by atoms with van der Waals surface area (Å²) in [5.74, 6) is 0.252. The van der Waals surface area contributed by atoms with E-state index in [1.165, 1.54) is 0 Å². The molecule has 0 amide bonds. The maximum absolute atomic E-state index is 7.79. The molecule has 0 aromatic heterocycles. The number of rotatable bonds is 10. The highest BCUT2D eigenvalue weighted by atomic mass is 32.1. The molecule has 0 aliphatic rings. The summed E-state index contributed by atoms with van der Waals surface area (Å²) in [6, 6.07) is 0. The number of nitrogens with zero attached hydrogens (tertiary/aromatic N) is 2. The van der Waals surface area contributed by atoms with Gasteiger partial charge in [-0.2, -0.15) is 0 Å². The van der Waals surface area contributed by atoms with E-state index in [4.69, 9.17) is 17.6 Å². The second-order valence-electron chi connectivity index (χ2n) is 4.74. The quantitative estimate of drug-likeness (QED) is 0.270. The molecule has 0 unspecified atom stereocenters. The van der Waals surface area contributed by atoms with Crippen molar-refractivity contribution in [3.8, 4) is 0 Å². The minimum absolute atomic E-state index is 0.252. The Labute approximate surface area is 135 Å². The number of nitrogens with one attached hydrogen (secondary N) is 4. The van der Waals surface area contributed by atoms with Gasteiger partial charge in [-0.25, -0.2) is 0 Å². The summed E-state index contributed by atoms with van der Waals surface area (Å²) in [6.07, 6.45) is 0. The van der Waals surface area contributed by atoms with Crippen molar-refractivity contribution in [2.75, 3.05) is 52.4 Å². The Kier molecular flexibility index (Phi) is 12.2. The van der Waals surface area contributed by atoms with Crippen LogP contribution in [0, 0.1) is 5.41 Å². The maximum Gasteiger partial charge on any atom is 0.194 e. The first-order valence-electron chi connectivity index (χ1n) is 7.89. The first-order chi connectivity index (χ1) is 10.1. The molecule has 21 heavy (non-hydrogen) atoms. The normalized spacial score (nSPS) is 10.8. The molecule has 124 valence electrons. The molecule has 0 saturated carbocycles. The number of thiocarbonyl (C=S) groups is 1. The van der Waals surface area contributed by atoms with Crippen LogP contribution in [-0.4, -0.2) is 73.2 Å². The molecule has 0 bridgehead atoms. The third-order valence-electron chi connectivity index (χ3n) is 3.47. The summed E-state index contributed by atoms with van der Waals surface area (Å²) in [6.45, 7) is 16.2. The molecule has 0 fully saturated rings. The number of hydrogen-bond donors (Lipinski definition) is 4. The molecule has 0 atom stereocenters. The number of likely N-dealkylation sites (N-methyl/N-ethyl adjacent to an activating group) is 2. The molecular formula is C14H32N6S. The molecule has 0 saturated heterocycles. The van der Waals surface area contributed by atoms with Crippen LogP contribution in [0.25, 0.3) is 0 Å². The fraction of sp³-hybridized carbons (Fsp3) is 0.857. The van der Waals surface area contributed by atoms with Crippen molar-refractivity contribution < 1.29 is 0 Å². The van der Waals surface area contributed by atoms with Crippen LogP contribution < -0.4 is 16.0 Å². The van der Waals surface area contributed by atoms with Crippen LogP contribution in [0.4, 0.5) is 0 Å². The van der Waals surface area contributed by atoms with Crippen LogP contribution in [0.2, 0.25) is 0 Å². The molecule has 0 aromatic rings. The Morgan fingerprint density at radius 2 is 1.29 bits per heavy atom. The van der Waals surface area contributed by atoms with Gasteiger partial charge in [-0.05, 0) is 38.4 Å². The summed E-state index contributed by atoms with van der Waals surface area (Å²) in [5, 5.41) is 17.3. The molecule has 0 aromatic carbocycles. The summed E-state index contributed by atoms with van der Waals surface area (Å²) in [4.78, 5) is 4.63. The Bertz CT molecular complexity index is 261. The predicted molar refractivity (Wildman–Crippen MR) is 95.0 cm³/mol. The molecule has 0 rings (SSSR count). The molecule has 6 nitrogen and oxygen atoms in total. The minimum Gasteiger partial charge on any atom is -0.361 e. The molecule has 0 aliphatic carbocycles. The van der Waals surface area contributed by atoms with Crippen LogP contribution in [-0.2, 0) is 0 Å². The van der Waals surface area contributed by atoms with Gasteiger partial charge in [0.1, 0.15) is 0 Å². The molecular weight excluding hydrogens is 284 g/mol. The molecule has 0 aliphatic heterocycles. The highest BCUT2D eigenvalue weighted by Gasteiger charge is 2.03. The van der Waals surface area contributed by atoms with Crippen molar-refractivity contribution in [2.45, 2.75) is 27.7 Å². The molecule has 4 N–H and O–H groups in total. The summed E-state index contributed by atoms with van der Waals surface area (Å²) in [7, 11) is 0. The topological polar surface area (TPSA) is 66.4 Å². The van der Waals surface area contributed by atoms with Gasteiger partial charge in [0.25, 0.3) is 0 Å². The van der Waals surface area contributed by atoms with Gasteiger partial charge < -0.3 is 25.8 Å². The third-order valence-corrected chi connectivity index (χ3v) is 3.72. The third kappa shape index (κ3) is 10.4. The summed E-state index contributed by atoms with van der Waals surface area (Å²) in [5.41, 5.74) is 0. The van der Waals surface area contributed by atoms with Crippen molar-refractivity contribution in [1.29, 1.82) is 5.41 Å². The van der Waals surface area contributed by atoms with Crippen molar-refractivity contribution in [1.82, 2.24) is 25.8 Å². The first-order valence-corrected chi connectivity index (χ1v) is 8.30. The molecule has 0 spiro atoms. The lowest BCUT2D eigenvalue weighted by atomic mass is 10.4. The Balaban J connectivity index is 3.72. The minimum atomic E-state index is 0.252. The standard InChI is InChI=1S/C14H32N6S/c1-5-19(6-2)11-9-16-13(15)18-14(21)17-10-12-20(7-3)8-4/h5-12H2,1-4H3,(H4,15,16,17,18,21). The SMILES string of the molecule is CCN(CC)CCNC(=N)NC(=S)NCCN(CC)CC. The number of guanidine groups is 1. The van der Waals surface area contributed by atoms with Gasteiger partial charge in [0.15, 0.2) is 11.1 Å². The van der Waals surface area contributed by atoms with E-state index in [2.05, 4.69) is 53.4 Å². The van der Waals surface area contributed by atoms with Gasteiger partial charge in [-0.15, -0.1) is 0 Å². The van der Waals surface area contributed by atoms with Crippen LogP contribution >= 0.6 is 12.2 Å². The van der Waals surface area contributed by atoms with E-state index in [1.54, 1.807) is 0 Å². The summed E-state index contributed by atoms with van der Waals surface area (Å²) < 4.78 is 0. The first kappa shape index (κ1) is 20.1. The van der Waals surface area contributed by atoms with E-state index < -0.39 is 0 Å². The van der Waals surface area contributed by atoms with Crippen LogP contribution in [0.5, 0.6) is 0 Å². The second-order valence-corrected chi connectivity index (χ2v) is 5.14. The lowest BCUT2D eigenvalue weighted by Crippen LogP contribution is -2.48. The van der Waals surface area contributed by atoms with E-state index in [9.17, 15) is 0 Å². The lowest BCUT2D eigenvalue weighted by Gasteiger charge is -2.20. The van der Waals surface area contributed by atoms with Gasteiger partial charge >= 0.3 is 0 Å². The Hall–Kier alpha value is -0.920. The van der Waals surface area contributed by atoms with Crippen molar-refractivity contribution in [2.24, 2.45) is 0 Å².